The fraction of sp³-hybridized carbons (Fsp3) is 0.400. The van der Waals surface area contributed by atoms with Crippen LogP contribution in [-0.4, -0.2) is 59.7 Å². The standard InChI is InChI=1S/C25H23ClF4N4O3/c26-15-1-2-19(25(28,29)30)14(9-15)12-32-5-7-33(8-6-32)21-11-16(27)10-17-18(21)13-34(24(17)37)20-3-4-22(35)31-23(20)36/h1-2,9-11,20H,3-8,12-13H2,(H,31,35,36). The van der Waals surface area contributed by atoms with E-state index in [4.69, 9.17) is 11.6 Å². The lowest BCUT2D eigenvalue weighted by Gasteiger charge is -2.37. The number of benzene rings is 2. The number of hydrogen-bond acceptors (Lipinski definition) is 5. The van der Waals surface area contributed by atoms with Crippen molar-refractivity contribution in [3.05, 3.63) is 63.4 Å². The summed E-state index contributed by atoms with van der Waals surface area (Å²) in [6, 6.07) is 5.21. The van der Waals surface area contributed by atoms with Crippen LogP contribution in [0.3, 0.4) is 0 Å². The first kappa shape index (κ1) is 25.5. The molecule has 0 bridgehead atoms. The van der Waals surface area contributed by atoms with Gasteiger partial charge in [0.15, 0.2) is 0 Å². The summed E-state index contributed by atoms with van der Waals surface area (Å²) in [4.78, 5) is 42.1. The number of nitrogens with zero attached hydrogens (tertiary/aromatic N) is 3. The van der Waals surface area contributed by atoms with Crippen molar-refractivity contribution in [2.75, 3.05) is 31.1 Å². The molecule has 0 radical (unpaired) electrons. The number of carbonyl (C=O) groups excluding carboxylic acids is 3. The first-order chi connectivity index (χ1) is 17.5. The van der Waals surface area contributed by atoms with Gasteiger partial charge in [-0.05, 0) is 42.3 Å². The molecule has 1 atom stereocenters. The smallest absolute Gasteiger partial charge is 0.369 e. The van der Waals surface area contributed by atoms with Crippen molar-refractivity contribution in [2.45, 2.75) is 38.1 Å². The minimum Gasteiger partial charge on any atom is -0.369 e. The maximum atomic E-state index is 14.6. The summed E-state index contributed by atoms with van der Waals surface area (Å²) < 4.78 is 54.9. The van der Waals surface area contributed by atoms with E-state index in [1.165, 1.54) is 23.1 Å². The number of amides is 3. The van der Waals surface area contributed by atoms with E-state index >= 15 is 0 Å². The molecule has 1 N–H and O–H groups in total. The molecule has 3 amide bonds. The zero-order chi connectivity index (χ0) is 26.5. The normalized spacial score (nSPS) is 20.9. The van der Waals surface area contributed by atoms with Crippen LogP contribution in [0.5, 0.6) is 0 Å². The molecule has 1 unspecified atom stereocenters. The van der Waals surface area contributed by atoms with Crippen molar-refractivity contribution in [3.8, 4) is 0 Å². The van der Waals surface area contributed by atoms with E-state index in [9.17, 15) is 31.9 Å². The van der Waals surface area contributed by atoms with Gasteiger partial charge >= 0.3 is 6.18 Å². The second-order valence-electron chi connectivity index (χ2n) is 9.41. The van der Waals surface area contributed by atoms with Gasteiger partial charge in [-0.15, -0.1) is 0 Å². The summed E-state index contributed by atoms with van der Waals surface area (Å²) in [7, 11) is 0. The molecule has 37 heavy (non-hydrogen) atoms. The Hall–Kier alpha value is -3.18. The average Bonchev–Trinajstić information content (AvgIpc) is 3.14. The number of fused-ring (bicyclic) bond motifs is 1. The summed E-state index contributed by atoms with van der Waals surface area (Å²) in [6.07, 6.45) is -4.18. The molecule has 3 heterocycles. The van der Waals surface area contributed by atoms with Crippen LogP contribution in [0.15, 0.2) is 30.3 Å². The highest BCUT2D eigenvalue weighted by molar-refractivity contribution is 6.30. The average molecular weight is 539 g/mol. The maximum absolute atomic E-state index is 14.6. The van der Waals surface area contributed by atoms with Crippen LogP contribution in [0.1, 0.15) is 39.9 Å². The first-order valence-electron chi connectivity index (χ1n) is 11.8. The Bertz CT molecular complexity index is 1280. The molecule has 0 aromatic heterocycles. The van der Waals surface area contributed by atoms with Crippen LogP contribution >= 0.6 is 11.6 Å². The highest BCUT2D eigenvalue weighted by Crippen LogP contribution is 2.37. The number of rotatable bonds is 4. The molecule has 7 nitrogen and oxygen atoms in total. The molecule has 2 aromatic rings. The molecule has 0 saturated carbocycles. The number of hydrogen-bond donors (Lipinski definition) is 1. The van der Waals surface area contributed by atoms with Gasteiger partial charge in [-0.1, -0.05) is 11.6 Å². The van der Waals surface area contributed by atoms with Crippen LogP contribution in [0, 0.1) is 5.82 Å². The van der Waals surface area contributed by atoms with Crippen molar-refractivity contribution in [1.29, 1.82) is 0 Å². The molecule has 2 aromatic carbocycles. The summed E-state index contributed by atoms with van der Waals surface area (Å²) in [5, 5.41) is 2.47. The second-order valence-corrected chi connectivity index (χ2v) is 9.85. The van der Waals surface area contributed by atoms with E-state index in [0.717, 1.165) is 12.1 Å². The molecule has 2 fully saturated rings. The first-order valence-corrected chi connectivity index (χ1v) is 12.2. The van der Waals surface area contributed by atoms with Crippen LogP contribution in [0.2, 0.25) is 5.02 Å². The highest BCUT2D eigenvalue weighted by atomic mass is 35.5. The van der Waals surface area contributed by atoms with Gasteiger partial charge in [0.25, 0.3) is 5.91 Å². The number of alkyl halides is 3. The minimum atomic E-state index is -4.50. The molecule has 0 aliphatic carbocycles. The van der Waals surface area contributed by atoms with Gasteiger partial charge in [-0.2, -0.15) is 13.2 Å². The summed E-state index contributed by atoms with van der Waals surface area (Å²) in [6.45, 7) is 1.81. The summed E-state index contributed by atoms with van der Waals surface area (Å²) >= 11 is 5.95. The molecule has 196 valence electrons. The van der Waals surface area contributed by atoms with Gasteiger partial charge in [0.1, 0.15) is 11.9 Å². The predicted octanol–water partition coefficient (Wildman–Crippen LogP) is 3.58. The third kappa shape index (κ3) is 5.02. The Balaban J connectivity index is 1.32. The van der Waals surface area contributed by atoms with Gasteiger partial charge in [0, 0.05) is 67.5 Å². The van der Waals surface area contributed by atoms with E-state index < -0.39 is 41.3 Å². The third-order valence-corrected chi connectivity index (χ3v) is 7.31. The number of piperazine rings is 1. The van der Waals surface area contributed by atoms with Gasteiger partial charge < -0.3 is 9.80 Å². The number of imide groups is 1. The van der Waals surface area contributed by atoms with Gasteiger partial charge in [0.05, 0.1) is 5.56 Å². The van der Waals surface area contributed by atoms with Crippen LogP contribution < -0.4 is 10.2 Å². The zero-order valence-corrected chi connectivity index (χ0v) is 20.3. The number of halogens is 5. The lowest BCUT2D eigenvalue weighted by molar-refractivity contribution is -0.139. The van der Waals surface area contributed by atoms with Crippen LogP contribution in [0.4, 0.5) is 23.2 Å². The van der Waals surface area contributed by atoms with E-state index in [-0.39, 0.29) is 42.1 Å². The predicted molar refractivity (Wildman–Crippen MR) is 126 cm³/mol. The van der Waals surface area contributed by atoms with Crippen molar-refractivity contribution in [3.63, 3.8) is 0 Å². The number of carbonyl (C=O) groups is 3. The molecule has 3 aliphatic rings. The Morgan fingerprint density at radius 2 is 1.76 bits per heavy atom. The maximum Gasteiger partial charge on any atom is 0.416 e. The summed E-state index contributed by atoms with van der Waals surface area (Å²) in [5.74, 6) is -2.00. The lowest BCUT2D eigenvalue weighted by atomic mass is 10.0. The molecular weight excluding hydrogens is 516 g/mol. The number of nitrogens with one attached hydrogen (secondary N) is 1. The van der Waals surface area contributed by atoms with Crippen molar-refractivity contribution in [2.24, 2.45) is 0 Å². The topological polar surface area (TPSA) is 73.0 Å². The largest absolute Gasteiger partial charge is 0.416 e. The molecule has 0 spiro atoms. The van der Waals surface area contributed by atoms with Crippen LogP contribution in [-0.2, 0) is 28.9 Å². The second kappa shape index (κ2) is 9.60. The molecule has 3 aliphatic heterocycles. The van der Waals surface area contributed by atoms with Gasteiger partial charge in [0.2, 0.25) is 11.8 Å². The monoisotopic (exact) mass is 538 g/mol. The van der Waals surface area contributed by atoms with E-state index in [1.54, 1.807) is 0 Å². The number of anilines is 1. The van der Waals surface area contributed by atoms with E-state index in [1.807, 2.05) is 9.80 Å². The molecule has 2 saturated heterocycles. The molecule has 12 heteroatoms. The quantitative estimate of drug-likeness (QED) is 0.476. The Morgan fingerprint density at radius 3 is 2.43 bits per heavy atom. The zero-order valence-electron chi connectivity index (χ0n) is 19.6. The Labute approximate surface area is 214 Å². The summed E-state index contributed by atoms with van der Waals surface area (Å²) in [5.41, 5.74) is 0.658. The van der Waals surface area contributed by atoms with Crippen molar-refractivity contribution >= 4 is 35.0 Å². The SMILES string of the molecule is O=C1CCC(N2Cc3c(cc(F)cc3N3CCN(Cc4cc(Cl)ccc4C(F)(F)F)CC3)C2=O)C(=O)N1. The Morgan fingerprint density at radius 1 is 1.03 bits per heavy atom. The molecular formula is C25H23ClF4N4O3. The fourth-order valence-corrected chi connectivity index (χ4v) is 5.44. The van der Waals surface area contributed by atoms with Gasteiger partial charge in [-0.3, -0.25) is 24.6 Å². The third-order valence-electron chi connectivity index (χ3n) is 7.08. The van der Waals surface area contributed by atoms with E-state index in [0.29, 0.717) is 37.4 Å². The van der Waals surface area contributed by atoms with Crippen LogP contribution in [0.25, 0.3) is 0 Å². The van der Waals surface area contributed by atoms with Gasteiger partial charge in [-0.25, -0.2) is 4.39 Å². The van der Waals surface area contributed by atoms with Crippen molar-refractivity contribution in [1.82, 2.24) is 15.1 Å². The van der Waals surface area contributed by atoms with E-state index in [2.05, 4.69) is 5.32 Å². The lowest BCUT2D eigenvalue weighted by Crippen LogP contribution is -2.52. The van der Waals surface area contributed by atoms with Crippen molar-refractivity contribution < 1.29 is 31.9 Å². The fourth-order valence-electron chi connectivity index (χ4n) is 5.25. The Kier molecular flexibility index (Phi) is 6.61. The minimum absolute atomic E-state index is 0.0618. The number of piperidine rings is 1. The molecule has 5 rings (SSSR count). The highest BCUT2D eigenvalue weighted by Gasteiger charge is 2.41.